The van der Waals surface area contributed by atoms with Gasteiger partial charge in [-0.25, -0.2) is 14.8 Å². The molecule has 8 heteroatoms. The fourth-order valence-corrected chi connectivity index (χ4v) is 3.43. The number of carbonyl (C=O) groups is 1. The van der Waals surface area contributed by atoms with Crippen LogP contribution < -0.4 is 4.90 Å². The molecule has 0 spiro atoms. The van der Waals surface area contributed by atoms with Crippen LogP contribution in [0.5, 0.6) is 0 Å². The van der Waals surface area contributed by atoms with E-state index in [9.17, 15) is 4.79 Å². The SMILES string of the molecule is CC(C)(C)OC(=O)N1CCN(c2ccc(Br)c(-c3ccnc(Cl)c3)n2)CC1. The van der Waals surface area contributed by atoms with E-state index in [4.69, 9.17) is 21.3 Å². The fourth-order valence-electron chi connectivity index (χ4n) is 2.80. The Morgan fingerprint density at radius 1 is 1.19 bits per heavy atom. The molecule has 0 aliphatic carbocycles. The van der Waals surface area contributed by atoms with Crippen molar-refractivity contribution < 1.29 is 9.53 Å². The van der Waals surface area contributed by atoms with Crippen molar-refractivity contribution in [3.63, 3.8) is 0 Å². The summed E-state index contributed by atoms with van der Waals surface area (Å²) in [6.07, 6.45) is 1.40. The highest BCUT2D eigenvalue weighted by Gasteiger charge is 2.26. The second-order valence-corrected chi connectivity index (χ2v) is 8.56. The molecule has 0 radical (unpaired) electrons. The lowest BCUT2D eigenvalue weighted by atomic mass is 10.2. The number of hydrogen-bond donors (Lipinski definition) is 0. The summed E-state index contributed by atoms with van der Waals surface area (Å²) in [5.41, 5.74) is 1.23. The maximum absolute atomic E-state index is 12.2. The summed E-state index contributed by atoms with van der Waals surface area (Å²) in [5.74, 6) is 0.866. The molecule has 0 aromatic carbocycles. The summed E-state index contributed by atoms with van der Waals surface area (Å²) in [6, 6.07) is 7.62. The van der Waals surface area contributed by atoms with Crippen LogP contribution in [-0.4, -0.2) is 52.7 Å². The van der Waals surface area contributed by atoms with Gasteiger partial charge in [0, 0.05) is 42.4 Å². The van der Waals surface area contributed by atoms with Crippen LogP contribution in [-0.2, 0) is 4.74 Å². The van der Waals surface area contributed by atoms with Gasteiger partial charge in [0.15, 0.2) is 0 Å². The standard InChI is InChI=1S/C19H22BrClN4O2/c1-19(2,3)27-18(26)25-10-8-24(9-11-25)16-5-4-14(20)17(23-16)13-6-7-22-15(21)12-13/h4-7,12H,8-11H2,1-3H3. The summed E-state index contributed by atoms with van der Waals surface area (Å²) in [7, 11) is 0. The quantitative estimate of drug-likeness (QED) is 0.621. The molecule has 2 aromatic rings. The minimum atomic E-state index is -0.484. The molecular weight excluding hydrogens is 432 g/mol. The smallest absolute Gasteiger partial charge is 0.410 e. The lowest BCUT2D eigenvalue weighted by Gasteiger charge is -2.36. The first kappa shape index (κ1) is 19.9. The van der Waals surface area contributed by atoms with Gasteiger partial charge in [-0.3, -0.25) is 0 Å². The molecule has 1 fully saturated rings. The lowest BCUT2D eigenvalue weighted by Crippen LogP contribution is -2.50. The Balaban J connectivity index is 1.72. The first-order chi connectivity index (χ1) is 12.7. The number of aromatic nitrogens is 2. The number of hydrogen-bond acceptors (Lipinski definition) is 5. The molecule has 1 amide bonds. The van der Waals surface area contributed by atoms with Crippen molar-refractivity contribution in [2.45, 2.75) is 26.4 Å². The first-order valence-electron chi connectivity index (χ1n) is 8.74. The van der Waals surface area contributed by atoms with E-state index in [1.54, 1.807) is 17.2 Å². The largest absolute Gasteiger partial charge is 0.444 e. The summed E-state index contributed by atoms with van der Waals surface area (Å²) in [6.45, 7) is 8.22. The van der Waals surface area contributed by atoms with E-state index in [0.29, 0.717) is 31.3 Å². The van der Waals surface area contributed by atoms with Crippen molar-refractivity contribution in [2.24, 2.45) is 0 Å². The highest BCUT2D eigenvalue weighted by atomic mass is 79.9. The zero-order chi connectivity index (χ0) is 19.6. The van der Waals surface area contributed by atoms with Crippen LogP contribution in [0.25, 0.3) is 11.3 Å². The Hall–Kier alpha value is -1.86. The Morgan fingerprint density at radius 3 is 2.52 bits per heavy atom. The molecule has 6 nitrogen and oxygen atoms in total. The Kier molecular flexibility index (Phi) is 5.91. The van der Waals surface area contributed by atoms with E-state index in [0.717, 1.165) is 21.5 Å². The van der Waals surface area contributed by atoms with Crippen LogP contribution in [0.3, 0.4) is 0 Å². The number of carbonyl (C=O) groups excluding carboxylic acids is 1. The van der Waals surface area contributed by atoms with Crippen LogP contribution in [0.15, 0.2) is 34.9 Å². The molecular formula is C19H22BrClN4O2. The van der Waals surface area contributed by atoms with E-state index in [1.807, 2.05) is 39.0 Å². The fraction of sp³-hybridized carbons (Fsp3) is 0.421. The number of anilines is 1. The van der Waals surface area contributed by atoms with E-state index in [1.165, 1.54) is 0 Å². The van der Waals surface area contributed by atoms with E-state index < -0.39 is 5.60 Å². The van der Waals surface area contributed by atoms with Gasteiger partial charge < -0.3 is 14.5 Å². The molecule has 144 valence electrons. The van der Waals surface area contributed by atoms with Gasteiger partial charge in [0.1, 0.15) is 16.6 Å². The van der Waals surface area contributed by atoms with Gasteiger partial charge in [0.05, 0.1) is 5.69 Å². The molecule has 2 aromatic heterocycles. The minimum Gasteiger partial charge on any atom is -0.444 e. The van der Waals surface area contributed by atoms with Crippen molar-refractivity contribution in [3.8, 4) is 11.3 Å². The van der Waals surface area contributed by atoms with Crippen molar-refractivity contribution in [2.75, 3.05) is 31.1 Å². The Labute approximate surface area is 172 Å². The van der Waals surface area contributed by atoms with Crippen LogP contribution in [0.4, 0.5) is 10.6 Å². The maximum Gasteiger partial charge on any atom is 0.410 e. The molecule has 1 saturated heterocycles. The van der Waals surface area contributed by atoms with E-state index >= 15 is 0 Å². The molecule has 3 heterocycles. The Bertz CT molecular complexity index is 833. The van der Waals surface area contributed by atoms with Crippen molar-refractivity contribution in [1.29, 1.82) is 0 Å². The summed E-state index contributed by atoms with van der Waals surface area (Å²) in [5, 5.41) is 0.428. The molecule has 3 rings (SSSR count). The zero-order valence-electron chi connectivity index (χ0n) is 15.6. The molecule has 0 N–H and O–H groups in total. The van der Waals surface area contributed by atoms with Gasteiger partial charge in [0.25, 0.3) is 0 Å². The monoisotopic (exact) mass is 452 g/mol. The number of amides is 1. The van der Waals surface area contributed by atoms with Crippen molar-refractivity contribution in [1.82, 2.24) is 14.9 Å². The first-order valence-corrected chi connectivity index (χ1v) is 9.91. The highest BCUT2D eigenvalue weighted by molar-refractivity contribution is 9.10. The molecule has 0 saturated carbocycles. The van der Waals surface area contributed by atoms with Crippen LogP contribution >= 0.6 is 27.5 Å². The van der Waals surface area contributed by atoms with Gasteiger partial charge in [-0.2, -0.15) is 0 Å². The minimum absolute atomic E-state index is 0.266. The van der Waals surface area contributed by atoms with Crippen LogP contribution in [0.1, 0.15) is 20.8 Å². The predicted molar refractivity (Wildman–Crippen MR) is 110 cm³/mol. The number of pyridine rings is 2. The average molecular weight is 454 g/mol. The summed E-state index contributed by atoms with van der Waals surface area (Å²) < 4.78 is 6.34. The number of nitrogens with zero attached hydrogens (tertiary/aromatic N) is 4. The number of halogens is 2. The molecule has 0 unspecified atom stereocenters. The zero-order valence-corrected chi connectivity index (χ0v) is 17.9. The molecule has 0 bridgehead atoms. The molecule has 1 aliphatic heterocycles. The van der Waals surface area contributed by atoms with Crippen LogP contribution in [0.2, 0.25) is 5.15 Å². The second kappa shape index (κ2) is 8.02. The molecule has 27 heavy (non-hydrogen) atoms. The van der Waals surface area contributed by atoms with E-state index in [-0.39, 0.29) is 6.09 Å². The summed E-state index contributed by atoms with van der Waals surface area (Å²) >= 11 is 9.57. The third-order valence-corrected chi connectivity index (χ3v) is 4.93. The van der Waals surface area contributed by atoms with Gasteiger partial charge in [-0.1, -0.05) is 11.6 Å². The summed E-state index contributed by atoms with van der Waals surface area (Å²) in [4.78, 5) is 24.9. The van der Waals surface area contributed by atoms with E-state index in [2.05, 4.69) is 25.8 Å². The predicted octanol–water partition coefficient (Wildman–Crippen LogP) is 4.62. The average Bonchev–Trinajstić information content (AvgIpc) is 2.61. The Morgan fingerprint density at radius 2 is 1.89 bits per heavy atom. The van der Waals surface area contributed by atoms with Crippen molar-refractivity contribution in [3.05, 3.63) is 40.1 Å². The van der Waals surface area contributed by atoms with Crippen molar-refractivity contribution >= 4 is 39.4 Å². The lowest BCUT2D eigenvalue weighted by molar-refractivity contribution is 0.0240. The number of piperazine rings is 1. The molecule has 1 aliphatic rings. The maximum atomic E-state index is 12.2. The number of rotatable bonds is 2. The van der Waals surface area contributed by atoms with Gasteiger partial charge in [-0.05, 0) is 61.0 Å². The van der Waals surface area contributed by atoms with Crippen LogP contribution in [0, 0.1) is 0 Å². The number of ether oxygens (including phenoxy) is 1. The van der Waals surface area contributed by atoms with Gasteiger partial charge >= 0.3 is 6.09 Å². The highest BCUT2D eigenvalue weighted by Crippen LogP contribution is 2.30. The van der Waals surface area contributed by atoms with Gasteiger partial charge in [-0.15, -0.1) is 0 Å². The second-order valence-electron chi connectivity index (χ2n) is 7.32. The normalized spacial score (nSPS) is 15.0. The van der Waals surface area contributed by atoms with Gasteiger partial charge in [0.2, 0.25) is 0 Å². The topological polar surface area (TPSA) is 58.6 Å². The third kappa shape index (κ3) is 5.11. The third-order valence-electron chi connectivity index (χ3n) is 4.09. The molecule has 0 atom stereocenters.